The van der Waals surface area contributed by atoms with Crippen molar-refractivity contribution in [2.24, 2.45) is 4.99 Å². The van der Waals surface area contributed by atoms with Gasteiger partial charge in [0.25, 0.3) is 0 Å². The second-order valence-corrected chi connectivity index (χ2v) is 9.26. The lowest BCUT2D eigenvalue weighted by molar-refractivity contribution is 0.166. The molecule has 3 rings (SSSR count). The van der Waals surface area contributed by atoms with Crippen LogP contribution in [0.15, 0.2) is 58.4 Å². The van der Waals surface area contributed by atoms with Crippen LogP contribution in [0.3, 0.4) is 0 Å². The van der Waals surface area contributed by atoms with Crippen LogP contribution < -0.4 is 4.90 Å². The fraction of sp³-hybridized carbons (Fsp3) is 0.235. The van der Waals surface area contributed by atoms with Crippen LogP contribution in [0.5, 0.6) is 0 Å². The van der Waals surface area contributed by atoms with Gasteiger partial charge in [0.05, 0.1) is 11.4 Å². The highest BCUT2D eigenvalue weighted by Gasteiger charge is 2.38. The van der Waals surface area contributed by atoms with Crippen LogP contribution in [-0.2, 0) is 9.84 Å². The fourth-order valence-electron chi connectivity index (χ4n) is 2.56. The minimum Gasteiger partial charge on any atom is -0.359 e. The molecule has 0 aromatic heterocycles. The van der Waals surface area contributed by atoms with E-state index in [9.17, 15) is 13.5 Å². The largest absolute Gasteiger partial charge is 0.359 e. The number of rotatable bonds is 4. The maximum absolute atomic E-state index is 11.6. The fourth-order valence-corrected chi connectivity index (χ4v) is 3.75. The average Bonchev–Trinajstić information content (AvgIpc) is 2.94. The number of aliphatic imine (C=N–C) groups is 1. The van der Waals surface area contributed by atoms with Crippen LogP contribution in [0.4, 0.5) is 5.69 Å². The van der Waals surface area contributed by atoms with Crippen molar-refractivity contribution in [3.05, 3.63) is 59.1 Å². The van der Waals surface area contributed by atoms with E-state index in [-0.39, 0.29) is 11.4 Å². The van der Waals surface area contributed by atoms with Crippen LogP contribution in [-0.4, -0.2) is 43.5 Å². The number of aliphatic hydroxyl groups is 1. The number of anilines is 1. The van der Waals surface area contributed by atoms with Gasteiger partial charge in [0.2, 0.25) is 5.06 Å². The molecule has 0 saturated heterocycles. The third kappa shape index (κ3) is 3.84. The Morgan fingerprint density at radius 3 is 2.28 bits per heavy atom. The third-order valence-electron chi connectivity index (χ3n) is 3.91. The summed E-state index contributed by atoms with van der Waals surface area (Å²) >= 11 is 7.20. The molecule has 1 unspecified atom stereocenters. The number of β-amino-alcohol motifs (C(OH)–C–C–N with tert-alkyl or cyclic N) is 1. The van der Waals surface area contributed by atoms with Gasteiger partial charge in [-0.15, -0.1) is 11.8 Å². The van der Waals surface area contributed by atoms with Crippen LogP contribution in [0.1, 0.15) is 5.56 Å². The van der Waals surface area contributed by atoms with E-state index < -0.39 is 14.9 Å². The Balaban J connectivity index is 2.02. The highest BCUT2D eigenvalue weighted by molar-refractivity contribution is 7.99. The van der Waals surface area contributed by atoms with Crippen LogP contribution in [0.25, 0.3) is 0 Å². The zero-order chi connectivity index (χ0) is 18.2. The Morgan fingerprint density at radius 1 is 1.16 bits per heavy atom. The number of amidine groups is 1. The normalized spacial score (nSPS) is 20.6. The second kappa shape index (κ2) is 6.64. The molecule has 0 amide bonds. The smallest absolute Gasteiger partial charge is 0.224 e. The molecule has 1 atom stereocenters. The molecule has 0 bridgehead atoms. The maximum Gasteiger partial charge on any atom is 0.224 e. The summed E-state index contributed by atoms with van der Waals surface area (Å²) in [5, 5.41) is 9.97. The molecule has 132 valence electrons. The van der Waals surface area contributed by atoms with E-state index in [0.29, 0.717) is 10.9 Å². The molecule has 2 aromatic rings. The van der Waals surface area contributed by atoms with Gasteiger partial charge in [0.1, 0.15) is 5.84 Å². The Hall–Kier alpha value is -1.54. The predicted octanol–water partition coefficient (Wildman–Crippen LogP) is 3.02. The Kier molecular flexibility index (Phi) is 4.85. The third-order valence-corrected chi connectivity index (χ3v) is 6.16. The molecule has 0 spiro atoms. The van der Waals surface area contributed by atoms with Gasteiger partial charge < -0.3 is 10.0 Å². The van der Waals surface area contributed by atoms with E-state index in [4.69, 9.17) is 11.6 Å². The lowest BCUT2D eigenvalue weighted by atomic mass is 10.2. The molecular weight excluding hydrogens is 380 g/mol. The lowest BCUT2D eigenvalue weighted by Crippen LogP contribution is -2.34. The number of thioether (sulfide) groups is 1. The molecule has 5 nitrogen and oxygen atoms in total. The first-order chi connectivity index (χ1) is 11.7. The number of hydrogen-bond donors (Lipinski definition) is 1. The highest BCUT2D eigenvalue weighted by atomic mass is 35.5. The first-order valence-electron chi connectivity index (χ1n) is 7.43. The molecular formula is C17H17ClN2O3S2. The SMILES string of the molecule is CSC1(O)CN(c2ccc(S(C)(=O)=O)cc2)C(c2ccc(Cl)cc2)=N1. The first kappa shape index (κ1) is 18.3. The van der Waals surface area contributed by atoms with E-state index in [1.54, 1.807) is 42.7 Å². The molecule has 0 aliphatic carbocycles. The van der Waals surface area contributed by atoms with Crippen molar-refractivity contribution in [2.75, 3.05) is 24.0 Å². The molecule has 0 fully saturated rings. The van der Waals surface area contributed by atoms with Crippen molar-refractivity contribution >= 4 is 44.7 Å². The zero-order valence-corrected chi connectivity index (χ0v) is 16.1. The number of sulfone groups is 1. The topological polar surface area (TPSA) is 70.0 Å². The maximum atomic E-state index is 11.6. The van der Waals surface area contributed by atoms with Gasteiger partial charge in [0.15, 0.2) is 9.84 Å². The molecule has 1 N–H and O–H groups in total. The minimum absolute atomic E-state index is 0.251. The molecule has 2 aromatic carbocycles. The predicted molar refractivity (Wildman–Crippen MR) is 103 cm³/mol. The Morgan fingerprint density at radius 2 is 1.76 bits per heavy atom. The molecule has 8 heteroatoms. The van der Waals surface area contributed by atoms with Gasteiger partial charge in [-0.25, -0.2) is 13.4 Å². The lowest BCUT2D eigenvalue weighted by Gasteiger charge is -2.23. The average molecular weight is 397 g/mol. The van der Waals surface area contributed by atoms with Crippen LogP contribution >= 0.6 is 23.4 Å². The number of hydrogen-bond acceptors (Lipinski definition) is 6. The molecule has 25 heavy (non-hydrogen) atoms. The van der Waals surface area contributed by atoms with Crippen LogP contribution in [0.2, 0.25) is 5.02 Å². The van der Waals surface area contributed by atoms with E-state index in [2.05, 4.69) is 4.99 Å². The summed E-state index contributed by atoms with van der Waals surface area (Å²) < 4.78 is 23.3. The summed E-state index contributed by atoms with van der Waals surface area (Å²) in [5.74, 6) is 0.612. The van der Waals surface area contributed by atoms with Gasteiger partial charge in [0, 0.05) is 22.5 Å². The monoisotopic (exact) mass is 396 g/mol. The van der Waals surface area contributed by atoms with Gasteiger partial charge in [-0.3, -0.25) is 0 Å². The van der Waals surface area contributed by atoms with Crippen molar-refractivity contribution in [2.45, 2.75) is 9.95 Å². The van der Waals surface area contributed by atoms with Gasteiger partial charge in [-0.2, -0.15) is 0 Å². The number of benzene rings is 2. The number of nitrogens with zero attached hydrogens (tertiary/aromatic N) is 2. The molecule has 1 aliphatic heterocycles. The van der Waals surface area contributed by atoms with E-state index in [1.165, 1.54) is 18.0 Å². The zero-order valence-electron chi connectivity index (χ0n) is 13.7. The summed E-state index contributed by atoms with van der Waals surface area (Å²) in [6, 6.07) is 13.8. The second-order valence-electron chi connectivity index (χ2n) is 5.74. The standard InChI is InChI=1S/C17H17ClN2O3S2/c1-24-17(21)11-20(14-7-9-15(10-8-14)25(2,22)23)16(19-17)12-3-5-13(18)6-4-12/h3-10,21H,11H2,1-2H3. The summed E-state index contributed by atoms with van der Waals surface area (Å²) in [7, 11) is -3.26. The molecule has 1 aliphatic rings. The van der Waals surface area contributed by atoms with Crippen molar-refractivity contribution in [3.8, 4) is 0 Å². The minimum atomic E-state index is -3.26. The molecule has 0 saturated carbocycles. The van der Waals surface area contributed by atoms with E-state index in [1.807, 2.05) is 17.0 Å². The van der Waals surface area contributed by atoms with Crippen molar-refractivity contribution in [3.63, 3.8) is 0 Å². The van der Waals surface area contributed by atoms with Gasteiger partial charge >= 0.3 is 0 Å². The summed E-state index contributed by atoms with van der Waals surface area (Å²) in [4.78, 5) is 6.58. The van der Waals surface area contributed by atoms with Gasteiger partial charge in [-0.05, 0) is 54.8 Å². The van der Waals surface area contributed by atoms with Crippen molar-refractivity contribution < 1.29 is 13.5 Å². The van der Waals surface area contributed by atoms with E-state index in [0.717, 1.165) is 11.3 Å². The Labute approximate surface area is 156 Å². The van der Waals surface area contributed by atoms with E-state index >= 15 is 0 Å². The molecule has 1 heterocycles. The highest BCUT2D eigenvalue weighted by Crippen LogP contribution is 2.34. The summed E-state index contributed by atoms with van der Waals surface area (Å²) in [6.07, 6.45) is 2.96. The van der Waals surface area contributed by atoms with Crippen LogP contribution in [0, 0.1) is 0 Å². The van der Waals surface area contributed by atoms with Crippen molar-refractivity contribution in [1.29, 1.82) is 0 Å². The Bertz CT molecular complexity index is 912. The number of halogens is 1. The van der Waals surface area contributed by atoms with Crippen molar-refractivity contribution in [1.82, 2.24) is 0 Å². The van der Waals surface area contributed by atoms with Gasteiger partial charge in [-0.1, -0.05) is 11.6 Å². The summed E-state index contributed by atoms with van der Waals surface area (Å²) in [6.45, 7) is 0.268. The molecule has 0 radical (unpaired) electrons. The first-order valence-corrected chi connectivity index (χ1v) is 10.9. The quantitative estimate of drug-likeness (QED) is 0.804. The summed E-state index contributed by atoms with van der Waals surface area (Å²) in [5.41, 5.74) is 1.58.